The fourth-order valence-corrected chi connectivity index (χ4v) is 3.42. The Morgan fingerprint density at radius 1 is 1.32 bits per heavy atom. The molecule has 0 aliphatic carbocycles. The van der Waals surface area contributed by atoms with Crippen molar-refractivity contribution < 1.29 is 9.47 Å². The molecule has 1 aromatic rings. The summed E-state index contributed by atoms with van der Waals surface area (Å²) in [5.74, 6) is 1.48. The minimum atomic E-state index is 0. The summed E-state index contributed by atoms with van der Waals surface area (Å²) < 4.78 is 11.1. The second-order valence-corrected chi connectivity index (χ2v) is 7.25. The van der Waals surface area contributed by atoms with Gasteiger partial charge in [-0.2, -0.15) is 0 Å². The number of rotatable bonds is 10. The van der Waals surface area contributed by atoms with E-state index in [1.54, 1.807) is 0 Å². The number of thiophene rings is 1. The molecule has 2 N–H and O–H groups in total. The van der Waals surface area contributed by atoms with Crippen molar-refractivity contribution in [2.45, 2.75) is 39.7 Å². The number of aryl methyl sites for hydroxylation is 1. The Morgan fingerprint density at radius 2 is 2.16 bits per heavy atom. The van der Waals surface area contributed by atoms with Crippen LogP contribution in [0.5, 0.6) is 0 Å². The predicted octanol–water partition coefficient (Wildman–Crippen LogP) is 3.43. The van der Waals surface area contributed by atoms with Gasteiger partial charge in [-0.1, -0.05) is 6.92 Å². The molecule has 25 heavy (non-hydrogen) atoms. The van der Waals surface area contributed by atoms with Crippen molar-refractivity contribution in [1.82, 2.24) is 10.6 Å². The number of ether oxygens (including phenoxy) is 2. The first-order chi connectivity index (χ1) is 11.8. The van der Waals surface area contributed by atoms with Crippen LogP contribution in [0.15, 0.2) is 17.1 Å². The third-order valence-corrected chi connectivity index (χ3v) is 5.15. The molecular formula is C18H32IN3O2S. The summed E-state index contributed by atoms with van der Waals surface area (Å²) in [6.45, 7) is 10.1. The minimum absolute atomic E-state index is 0. The minimum Gasteiger partial charge on any atom is -0.381 e. The van der Waals surface area contributed by atoms with Crippen LogP contribution in [0.3, 0.4) is 0 Å². The molecule has 0 spiro atoms. The molecule has 1 aliphatic rings. The van der Waals surface area contributed by atoms with Crippen LogP contribution in [0.25, 0.3) is 0 Å². The van der Waals surface area contributed by atoms with Crippen LogP contribution in [0.1, 0.15) is 36.4 Å². The van der Waals surface area contributed by atoms with Gasteiger partial charge in [-0.15, -0.1) is 35.3 Å². The van der Waals surface area contributed by atoms with Gasteiger partial charge in [0.25, 0.3) is 0 Å². The number of nitrogens with one attached hydrogen (secondary N) is 2. The standard InChI is InChI=1S/C18H31N3O2S.HI/c1-3-16-6-7-17(24-16)12-21-18(19-4-2)20-9-5-10-22-13-15-8-11-23-14-15;/h6-7,15H,3-5,8-14H2,1-2H3,(H2,19,20,21);1H. The van der Waals surface area contributed by atoms with Crippen LogP contribution in [-0.2, 0) is 22.4 Å². The normalized spacial score (nSPS) is 17.4. The van der Waals surface area contributed by atoms with E-state index in [9.17, 15) is 0 Å². The Labute approximate surface area is 173 Å². The highest BCUT2D eigenvalue weighted by molar-refractivity contribution is 14.0. The van der Waals surface area contributed by atoms with Gasteiger partial charge in [-0.25, -0.2) is 4.99 Å². The zero-order chi connectivity index (χ0) is 17.0. The second-order valence-electron chi connectivity index (χ2n) is 6.00. The smallest absolute Gasteiger partial charge is 0.191 e. The molecule has 1 unspecified atom stereocenters. The van der Waals surface area contributed by atoms with E-state index in [1.807, 2.05) is 11.3 Å². The van der Waals surface area contributed by atoms with Gasteiger partial charge < -0.3 is 20.1 Å². The summed E-state index contributed by atoms with van der Waals surface area (Å²) in [4.78, 5) is 7.39. The van der Waals surface area contributed by atoms with Crippen molar-refractivity contribution in [3.8, 4) is 0 Å². The lowest BCUT2D eigenvalue weighted by molar-refractivity contribution is 0.0888. The molecule has 2 heterocycles. The Hall–Kier alpha value is -0.380. The zero-order valence-corrected chi connectivity index (χ0v) is 18.5. The van der Waals surface area contributed by atoms with Crippen LogP contribution < -0.4 is 10.6 Å². The summed E-state index contributed by atoms with van der Waals surface area (Å²) in [5, 5.41) is 6.67. The first-order valence-electron chi connectivity index (χ1n) is 9.07. The lowest BCUT2D eigenvalue weighted by Crippen LogP contribution is -2.38. The van der Waals surface area contributed by atoms with Crippen LogP contribution in [0.2, 0.25) is 0 Å². The maximum Gasteiger partial charge on any atom is 0.191 e. The van der Waals surface area contributed by atoms with E-state index >= 15 is 0 Å². The van der Waals surface area contributed by atoms with E-state index in [0.29, 0.717) is 5.92 Å². The number of aliphatic imine (C=N–C) groups is 1. The van der Waals surface area contributed by atoms with E-state index in [2.05, 4.69) is 41.6 Å². The number of nitrogens with zero attached hydrogens (tertiary/aromatic N) is 1. The fourth-order valence-electron chi connectivity index (χ4n) is 2.54. The van der Waals surface area contributed by atoms with E-state index in [-0.39, 0.29) is 24.0 Å². The molecule has 144 valence electrons. The first kappa shape index (κ1) is 22.7. The molecular weight excluding hydrogens is 449 g/mol. The second kappa shape index (κ2) is 13.8. The van der Waals surface area contributed by atoms with Crippen molar-refractivity contribution in [2.75, 3.05) is 39.5 Å². The van der Waals surface area contributed by atoms with Gasteiger partial charge in [-0.05, 0) is 38.3 Å². The van der Waals surface area contributed by atoms with Gasteiger partial charge in [0.2, 0.25) is 0 Å². The van der Waals surface area contributed by atoms with Crippen molar-refractivity contribution in [3.05, 3.63) is 21.9 Å². The first-order valence-corrected chi connectivity index (χ1v) is 9.88. The largest absolute Gasteiger partial charge is 0.381 e. The van der Waals surface area contributed by atoms with Gasteiger partial charge in [0.15, 0.2) is 5.96 Å². The molecule has 7 heteroatoms. The molecule has 0 radical (unpaired) electrons. The fraction of sp³-hybridized carbons (Fsp3) is 0.722. The van der Waals surface area contributed by atoms with Gasteiger partial charge in [0.1, 0.15) is 0 Å². The Kier molecular flexibility index (Phi) is 12.5. The lowest BCUT2D eigenvalue weighted by atomic mass is 10.1. The van der Waals surface area contributed by atoms with Gasteiger partial charge in [0, 0.05) is 42.0 Å². The molecule has 1 aliphatic heterocycles. The number of halogens is 1. The number of guanidine groups is 1. The van der Waals surface area contributed by atoms with Crippen molar-refractivity contribution >= 4 is 41.3 Å². The SMILES string of the molecule is CCNC(=NCc1ccc(CC)s1)NCCCOCC1CCOC1.I. The lowest BCUT2D eigenvalue weighted by Gasteiger charge is -2.12. The predicted molar refractivity (Wildman–Crippen MR) is 116 cm³/mol. The van der Waals surface area contributed by atoms with Gasteiger partial charge in [-0.3, -0.25) is 0 Å². The molecule has 1 saturated heterocycles. The van der Waals surface area contributed by atoms with Crippen LogP contribution >= 0.6 is 35.3 Å². The highest BCUT2D eigenvalue weighted by Crippen LogP contribution is 2.17. The number of hydrogen-bond acceptors (Lipinski definition) is 4. The summed E-state index contributed by atoms with van der Waals surface area (Å²) in [6.07, 6.45) is 3.22. The topological polar surface area (TPSA) is 54.9 Å². The average molecular weight is 481 g/mol. The molecule has 0 saturated carbocycles. The Morgan fingerprint density at radius 3 is 2.84 bits per heavy atom. The molecule has 1 fully saturated rings. The highest BCUT2D eigenvalue weighted by atomic mass is 127. The molecule has 0 bridgehead atoms. The van der Waals surface area contributed by atoms with Gasteiger partial charge in [0.05, 0.1) is 19.8 Å². The maximum absolute atomic E-state index is 5.73. The monoisotopic (exact) mass is 481 g/mol. The molecule has 0 amide bonds. The third-order valence-electron chi connectivity index (χ3n) is 3.94. The van der Waals surface area contributed by atoms with E-state index in [0.717, 1.165) is 71.3 Å². The average Bonchev–Trinajstić information content (AvgIpc) is 3.27. The van der Waals surface area contributed by atoms with E-state index in [1.165, 1.54) is 9.75 Å². The molecule has 2 rings (SSSR count). The number of hydrogen-bond donors (Lipinski definition) is 2. The maximum atomic E-state index is 5.73. The summed E-state index contributed by atoms with van der Waals surface area (Å²) in [5.41, 5.74) is 0. The zero-order valence-electron chi connectivity index (χ0n) is 15.4. The van der Waals surface area contributed by atoms with E-state index < -0.39 is 0 Å². The van der Waals surface area contributed by atoms with Gasteiger partial charge >= 0.3 is 0 Å². The van der Waals surface area contributed by atoms with Crippen molar-refractivity contribution in [1.29, 1.82) is 0 Å². The summed E-state index contributed by atoms with van der Waals surface area (Å²) >= 11 is 1.85. The van der Waals surface area contributed by atoms with Crippen LogP contribution in [-0.4, -0.2) is 45.5 Å². The van der Waals surface area contributed by atoms with Crippen LogP contribution in [0, 0.1) is 5.92 Å². The quantitative estimate of drug-likeness (QED) is 0.233. The van der Waals surface area contributed by atoms with Crippen molar-refractivity contribution in [2.24, 2.45) is 10.9 Å². The van der Waals surface area contributed by atoms with Crippen molar-refractivity contribution in [3.63, 3.8) is 0 Å². The third kappa shape index (κ3) is 9.21. The van der Waals surface area contributed by atoms with Crippen LogP contribution in [0.4, 0.5) is 0 Å². The molecule has 5 nitrogen and oxygen atoms in total. The highest BCUT2D eigenvalue weighted by Gasteiger charge is 2.15. The summed E-state index contributed by atoms with van der Waals surface area (Å²) in [7, 11) is 0. The summed E-state index contributed by atoms with van der Waals surface area (Å²) in [6, 6.07) is 4.37. The van der Waals surface area contributed by atoms with E-state index in [4.69, 9.17) is 9.47 Å². The Balaban J connectivity index is 0.00000312. The Bertz CT molecular complexity index is 490. The molecule has 1 aromatic heterocycles. The molecule has 0 aromatic carbocycles. The molecule has 1 atom stereocenters.